The Morgan fingerprint density at radius 1 is 0.722 bits per heavy atom. The van der Waals surface area contributed by atoms with Crippen LogP contribution in [0.3, 0.4) is 0 Å². The van der Waals surface area contributed by atoms with E-state index in [1.54, 1.807) is 24.3 Å². The summed E-state index contributed by atoms with van der Waals surface area (Å²) in [6.45, 7) is 9.07. The van der Waals surface area contributed by atoms with Crippen LogP contribution in [0.4, 0.5) is 0 Å². The van der Waals surface area contributed by atoms with Crippen LogP contribution >= 0.6 is 0 Å². The average Bonchev–Trinajstić information content (AvgIpc) is 3.63. The van der Waals surface area contributed by atoms with Gasteiger partial charge in [-0.2, -0.15) is 0 Å². The van der Waals surface area contributed by atoms with Crippen LogP contribution in [0, 0.1) is 35.5 Å². The molecule has 0 radical (unpaired) electrons. The van der Waals surface area contributed by atoms with E-state index in [1.165, 1.54) is 0 Å². The van der Waals surface area contributed by atoms with Crippen molar-refractivity contribution in [1.29, 1.82) is 0 Å². The fraction of sp³-hybridized carbons (Fsp3) is 0.548. The standard InChI is InChI=1S/C31H36O5/c1-18(2)30-15-16-31(36-30,19(3)4)25-23-17-22(24(25)30)26(34-28(32)20-11-7-5-8-12-20)27(23)35-29(33)21-13-9-6-10-14-21/h5-14,18-19,22-27H,15-17H2,1-4H3. The Kier molecular flexibility index (Phi) is 5.56. The van der Waals surface area contributed by atoms with Crippen LogP contribution in [0.15, 0.2) is 60.7 Å². The number of carbonyl (C=O) groups is 2. The zero-order chi connectivity index (χ0) is 25.2. The van der Waals surface area contributed by atoms with Gasteiger partial charge in [0.2, 0.25) is 0 Å². The average molecular weight is 489 g/mol. The predicted octanol–water partition coefficient (Wildman–Crippen LogP) is 5.93. The van der Waals surface area contributed by atoms with Crippen molar-refractivity contribution in [1.82, 2.24) is 0 Å². The molecule has 0 aromatic heterocycles. The quantitative estimate of drug-likeness (QED) is 0.472. The summed E-state index contributed by atoms with van der Waals surface area (Å²) >= 11 is 0. The highest BCUT2D eigenvalue weighted by atomic mass is 16.6. The van der Waals surface area contributed by atoms with E-state index in [-0.39, 0.29) is 35.0 Å². The van der Waals surface area contributed by atoms with Gasteiger partial charge < -0.3 is 14.2 Å². The van der Waals surface area contributed by atoms with Crippen LogP contribution < -0.4 is 0 Å². The lowest BCUT2D eigenvalue weighted by Crippen LogP contribution is -2.56. The maximum atomic E-state index is 13.2. The second-order valence-corrected chi connectivity index (χ2v) is 11.9. The Balaban J connectivity index is 1.37. The molecule has 4 fully saturated rings. The van der Waals surface area contributed by atoms with Crippen LogP contribution in [0.1, 0.15) is 67.7 Å². The van der Waals surface area contributed by atoms with Gasteiger partial charge in [0.15, 0.2) is 0 Å². The molecule has 6 rings (SSSR count). The highest BCUT2D eigenvalue weighted by molar-refractivity contribution is 5.90. The molecule has 8 atom stereocenters. The highest BCUT2D eigenvalue weighted by Crippen LogP contribution is 2.74. The van der Waals surface area contributed by atoms with Crippen molar-refractivity contribution in [2.45, 2.75) is 70.4 Å². The third-order valence-corrected chi connectivity index (χ3v) is 9.90. The summed E-state index contributed by atoms with van der Waals surface area (Å²) in [6.07, 6.45) is 2.04. The molecule has 0 amide bonds. The third-order valence-electron chi connectivity index (χ3n) is 9.90. The van der Waals surface area contributed by atoms with Gasteiger partial charge in [0.1, 0.15) is 12.2 Å². The molecule has 2 saturated heterocycles. The van der Waals surface area contributed by atoms with Crippen molar-refractivity contribution >= 4 is 11.9 Å². The number of hydrogen-bond acceptors (Lipinski definition) is 5. The van der Waals surface area contributed by atoms with Crippen molar-refractivity contribution in [3.8, 4) is 0 Å². The summed E-state index contributed by atoms with van der Waals surface area (Å²) < 4.78 is 19.6. The first-order valence-electron chi connectivity index (χ1n) is 13.5. The summed E-state index contributed by atoms with van der Waals surface area (Å²) in [5.74, 6) is 0.858. The van der Waals surface area contributed by atoms with Gasteiger partial charge in [0, 0.05) is 23.7 Å². The number of esters is 2. The van der Waals surface area contributed by atoms with Gasteiger partial charge >= 0.3 is 11.9 Å². The van der Waals surface area contributed by atoms with Gasteiger partial charge in [0.25, 0.3) is 0 Å². The fourth-order valence-corrected chi connectivity index (χ4v) is 8.38. The Hall–Kier alpha value is -2.66. The SMILES string of the molecule is CC(C)C12CCC(C(C)C)(O1)C1C3CC(C(OC(=O)c4ccccc4)C3OC(=O)c3ccccc3)C12. The van der Waals surface area contributed by atoms with E-state index < -0.39 is 12.2 Å². The first-order chi connectivity index (χ1) is 17.3. The minimum Gasteiger partial charge on any atom is -0.455 e. The number of fused-ring (bicyclic) bond motifs is 9. The maximum Gasteiger partial charge on any atom is 0.338 e. The molecule has 0 N–H and O–H groups in total. The minimum atomic E-state index is -0.473. The first-order valence-corrected chi connectivity index (χ1v) is 13.5. The van der Waals surface area contributed by atoms with Crippen LogP contribution in [0.25, 0.3) is 0 Å². The summed E-state index contributed by atoms with van der Waals surface area (Å²) in [7, 11) is 0. The third kappa shape index (κ3) is 3.24. The molecule has 4 aliphatic rings. The summed E-state index contributed by atoms with van der Waals surface area (Å²) in [6, 6.07) is 18.2. The van der Waals surface area contributed by atoms with E-state index in [9.17, 15) is 9.59 Å². The van der Waals surface area contributed by atoms with Crippen molar-refractivity contribution in [2.75, 3.05) is 0 Å². The molecular weight excluding hydrogens is 452 g/mol. The normalized spacial score (nSPS) is 37.9. The smallest absolute Gasteiger partial charge is 0.338 e. The molecule has 5 heteroatoms. The molecular formula is C31H36O5. The lowest BCUT2D eigenvalue weighted by molar-refractivity contribution is -0.117. The second-order valence-electron chi connectivity index (χ2n) is 11.9. The van der Waals surface area contributed by atoms with Crippen LogP contribution in [-0.4, -0.2) is 35.3 Å². The molecule has 0 spiro atoms. The van der Waals surface area contributed by atoms with E-state index in [1.807, 2.05) is 36.4 Å². The number of benzene rings is 2. The highest BCUT2D eigenvalue weighted by Gasteiger charge is 2.79. The Labute approximate surface area is 213 Å². The van der Waals surface area contributed by atoms with Gasteiger partial charge in [-0.15, -0.1) is 0 Å². The van der Waals surface area contributed by atoms with Crippen molar-refractivity contribution in [3.63, 3.8) is 0 Å². The van der Waals surface area contributed by atoms with Crippen LogP contribution in [0.2, 0.25) is 0 Å². The molecule has 4 bridgehead atoms. The summed E-state index contributed by atoms with van der Waals surface area (Å²) in [4.78, 5) is 26.4. The topological polar surface area (TPSA) is 61.8 Å². The van der Waals surface area contributed by atoms with Crippen LogP contribution in [0.5, 0.6) is 0 Å². The zero-order valence-corrected chi connectivity index (χ0v) is 21.6. The fourth-order valence-electron chi connectivity index (χ4n) is 8.38. The molecule has 36 heavy (non-hydrogen) atoms. The molecule has 190 valence electrons. The monoisotopic (exact) mass is 488 g/mol. The molecule has 2 aromatic rings. The molecule has 2 saturated carbocycles. The van der Waals surface area contributed by atoms with Crippen LogP contribution in [-0.2, 0) is 14.2 Å². The van der Waals surface area contributed by atoms with Gasteiger partial charge in [-0.05, 0) is 55.4 Å². The number of hydrogen-bond donors (Lipinski definition) is 0. The molecule has 2 aromatic carbocycles. The number of rotatable bonds is 6. The number of ether oxygens (including phenoxy) is 3. The Morgan fingerprint density at radius 2 is 1.11 bits per heavy atom. The van der Waals surface area contributed by atoms with Crippen molar-refractivity contribution in [3.05, 3.63) is 71.8 Å². The lowest BCUT2D eigenvalue weighted by atomic mass is 9.56. The summed E-state index contributed by atoms with van der Waals surface area (Å²) in [5, 5.41) is 0. The summed E-state index contributed by atoms with van der Waals surface area (Å²) in [5.41, 5.74) is 0.623. The van der Waals surface area contributed by atoms with Gasteiger partial charge in [-0.1, -0.05) is 64.1 Å². The zero-order valence-electron chi connectivity index (χ0n) is 21.6. The van der Waals surface area contributed by atoms with Gasteiger partial charge in [0.05, 0.1) is 22.3 Å². The molecule has 2 aliphatic heterocycles. The van der Waals surface area contributed by atoms with E-state index in [0.717, 1.165) is 19.3 Å². The van der Waals surface area contributed by atoms with E-state index in [4.69, 9.17) is 14.2 Å². The van der Waals surface area contributed by atoms with E-state index in [2.05, 4.69) is 27.7 Å². The maximum absolute atomic E-state index is 13.2. The van der Waals surface area contributed by atoms with Crippen molar-refractivity contribution in [2.24, 2.45) is 35.5 Å². The Morgan fingerprint density at radius 3 is 1.47 bits per heavy atom. The molecule has 2 aliphatic carbocycles. The Bertz CT molecular complexity index is 1050. The second kappa shape index (κ2) is 8.44. The minimum absolute atomic E-state index is 0.115. The molecule has 2 heterocycles. The van der Waals surface area contributed by atoms with Gasteiger partial charge in [-0.25, -0.2) is 9.59 Å². The van der Waals surface area contributed by atoms with E-state index >= 15 is 0 Å². The van der Waals surface area contributed by atoms with E-state index in [0.29, 0.717) is 34.8 Å². The van der Waals surface area contributed by atoms with Crippen molar-refractivity contribution < 1.29 is 23.8 Å². The number of carbonyl (C=O) groups excluding carboxylic acids is 2. The molecule has 5 nitrogen and oxygen atoms in total. The lowest BCUT2D eigenvalue weighted by Gasteiger charge is -2.48. The first kappa shape index (κ1) is 23.7. The molecule has 8 unspecified atom stereocenters. The predicted molar refractivity (Wildman–Crippen MR) is 135 cm³/mol. The van der Waals surface area contributed by atoms with Gasteiger partial charge in [-0.3, -0.25) is 0 Å². The largest absolute Gasteiger partial charge is 0.455 e.